The van der Waals surface area contributed by atoms with Gasteiger partial charge < -0.3 is 10.6 Å². The zero-order chi connectivity index (χ0) is 19.3. The van der Waals surface area contributed by atoms with Gasteiger partial charge in [-0.05, 0) is 42.0 Å². The van der Waals surface area contributed by atoms with Gasteiger partial charge in [-0.2, -0.15) is 0 Å². The van der Waals surface area contributed by atoms with Crippen LogP contribution in [0.25, 0.3) is 6.08 Å². The van der Waals surface area contributed by atoms with Crippen molar-refractivity contribution in [3.05, 3.63) is 64.1 Å². The number of benzene rings is 2. The van der Waals surface area contributed by atoms with E-state index in [9.17, 15) is 18.0 Å². The summed E-state index contributed by atoms with van der Waals surface area (Å²) in [4.78, 5) is 23.6. The largest absolute Gasteiger partial charge is 0.355 e. The molecule has 0 saturated carbocycles. The van der Waals surface area contributed by atoms with E-state index in [1.165, 1.54) is 18.2 Å². The monoisotopic (exact) mass is 436 g/mol. The Morgan fingerprint density at radius 1 is 1.08 bits per heavy atom. The molecule has 0 unspecified atom stereocenters. The van der Waals surface area contributed by atoms with Gasteiger partial charge in [0.2, 0.25) is 5.91 Å². The predicted molar refractivity (Wildman–Crippen MR) is 105 cm³/mol. The van der Waals surface area contributed by atoms with Gasteiger partial charge >= 0.3 is 0 Å². The lowest BCUT2D eigenvalue weighted by Gasteiger charge is -2.09. The Bertz CT molecular complexity index is 967. The van der Waals surface area contributed by atoms with Crippen LogP contribution in [0.1, 0.15) is 15.9 Å². The second-order valence-corrected chi connectivity index (χ2v) is 8.34. The smallest absolute Gasteiger partial charge is 0.251 e. The number of carbonyl (C=O) groups is 2. The molecule has 2 aromatic carbocycles. The fraction of sp³-hybridized carbons (Fsp3) is 0.111. The third-order valence-corrected chi connectivity index (χ3v) is 5.06. The minimum Gasteiger partial charge on any atom is -0.355 e. The van der Waals surface area contributed by atoms with Crippen LogP contribution in [0.4, 0.5) is 5.69 Å². The Labute approximate surface area is 160 Å². The molecule has 6 nitrogen and oxygen atoms in total. The van der Waals surface area contributed by atoms with E-state index in [4.69, 9.17) is 0 Å². The molecule has 0 saturated heterocycles. The van der Waals surface area contributed by atoms with Crippen LogP contribution < -0.4 is 10.6 Å². The van der Waals surface area contributed by atoms with E-state index in [0.29, 0.717) is 10.0 Å². The van der Waals surface area contributed by atoms with Gasteiger partial charge in [-0.1, -0.05) is 28.1 Å². The summed E-state index contributed by atoms with van der Waals surface area (Å²) in [6.07, 6.45) is 3.94. The maximum atomic E-state index is 12.1. The quantitative estimate of drug-likeness (QED) is 0.704. The summed E-state index contributed by atoms with van der Waals surface area (Å²) in [5, 5.41) is 5.09. The molecule has 0 fully saturated rings. The van der Waals surface area contributed by atoms with E-state index in [-0.39, 0.29) is 16.5 Å². The first-order valence-electron chi connectivity index (χ1n) is 7.51. The van der Waals surface area contributed by atoms with E-state index in [0.717, 1.165) is 11.8 Å². The standard InChI is InChI=1S/C18H17BrN2O4S/c1-20-18(23)13-6-3-12(4-7-13)5-10-17(22)21-15-9-8-14(19)11-16(15)26(2,24)25/h3-11H,1-2H3,(H,20,23)(H,21,22). The first-order valence-corrected chi connectivity index (χ1v) is 10.2. The average molecular weight is 437 g/mol. The number of rotatable bonds is 5. The molecule has 0 aromatic heterocycles. The van der Waals surface area contributed by atoms with Gasteiger partial charge in [-0.3, -0.25) is 9.59 Å². The van der Waals surface area contributed by atoms with E-state index >= 15 is 0 Å². The van der Waals surface area contributed by atoms with Crippen LogP contribution in [-0.2, 0) is 14.6 Å². The first-order chi connectivity index (χ1) is 12.2. The second kappa shape index (κ2) is 8.29. The molecule has 0 atom stereocenters. The maximum absolute atomic E-state index is 12.1. The molecule has 0 spiro atoms. The lowest BCUT2D eigenvalue weighted by Crippen LogP contribution is -2.17. The molecule has 2 aromatic rings. The zero-order valence-electron chi connectivity index (χ0n) is 14.1. The van der Waals surface area contributed by atoms with Gasteiger partial charge in [0.1, 0.15) is 0 Å². The molecule has 2 N–H and O–H groups in total. The van der Waals surface area contributed by atoms with Crippen LogP contribution in [0.2, 0.25) is 0 Å². The number of hydrogen-bond donors (Lipinski definition) is 2. The molecular weight excluding hydrogens is 420 g/mol. The Kier molecular flexibility index (Phi) is 6.33. The van der Waals surface area contributed by atoms with E-state index < -0.39 is 15.7 Å². The van der Waals surface area contributed by atoms with Crippen LogP contribution >= 0.6 is 15.9 Å². The fourth-order valence-electron chi connectivity index (χ4n) is 2.14. The minimum absolute atomic E-state index is 0.0311. The summed E-state index contributed by atoms with van der Waals surface area (Å²) in [7, 11) is -1.94. The van der Waals surface area contributed by atoms with E-state index in [1.807, 2.05) is 0 Å². The highest BCUT2D eigenvalue weighted by molar-refractivity contribution is 9.10. The summed E-state index contributed by atoms with van der Waals surface area (Å²) in [6.45, 7) is 0. The Morgan fingerprint density at radius 2 is 1.73 bits per heavy atom. The highest BCUT2D eigenvalue weighted by Gasteiger charge is 2.15. The van der Waals surface area contributed by atoms with Crippen LogP contribution in [-0.4, -0.2) is 33.5 Å². The number of nitrogens with one attached hydrogen (secondary N) is 2. The minimum atomic E-state index is -3.49. The van der Waals surface area contributed by atoms with Crippen molar-refractivity contribution in [2.75, 3.05) is 18.6 Å². The van der Waals surface area contributed by atoms with Crippen molar-refractivity contribution < 1.29 is 18.0 Å². The molecule has 0 radical (unpaired) electrons. The molecular formula is C18H17BrN2O4S. The fourth-order valence-corrected chi connectivity index (χ4v) is 3.51. The molecule has 0 aliphatic carbocycles. The molecule has 0 aliphatic rings. The summed E-state index contributed by atoms with van der Waals surface area (Å²) in [6, 6.07) is 11.3. The topological polar surface area (TPSA) is 92.3 Å². The predicted octanol–water partition coefficient (Wildman–Crippen LogP) is 2.86. The molecule has 26 heavy (non-hydrogen) atoms. The molecule has 0 aliphatic heterocycles. The summed E-state index contributed by atoms with van der Waals surface area (Å²) in [5.41, 5.74) is 1.45. The van der Waals surface area contributed by atoms with Crippen LogP contribution in [0.3, 0.4) is 0 Å². The van der Waals surface area contributed by atoms with E-state index in [2.05, 4.69) is 26.6 Å². The third-order valence-electron chi connectivity index (χ3n) is 3.43. The lowest BCUT2D eigenvalue weighted by molar-refractivity contribution is -0.111. The maximum Gasteiger partial charge on any atom is 0.251 e. The van der Waals surface area contributed by atoms with Crippen LogP contribution in [0.15, 0.2) is 57.9 Å². The molecule has 8 heteroatoms. The van der Waals surface area contributed by atoms with Crippen molar-refractivity contribution in [2.45, 2.75) is 4.90 Å². The van der Waals surface area contributed by atoms with Gasteiger partial charge in [0, 0.05) is 29.4 Å². The average Bonchev–Trinajstić information content (AvgIpc) is 2.60. The number of amides is 2. The SMILES string of the molecule is CNC(=O)c1ccc(C=CC(=O)Nc2ccc(Br)cc2S(C)(=O)=O)cc1. The van der Waals surface area contributed by atoms with Gasteiger partial charge in [-0.25, -0.2) is 8.42 Å². The van der Waals surface area contributed by atoms with Crippen molar-refractivity contribution in [1.82, 2.24) is 5.32 Å². The van der Waals surface area contributed by atoms with Crippen molar-refractivity contribution >= 4 is 49.3 Å². The molecule has 2 rings (SSSR count). The normalized spacial score (nSPS) is 11.3. The van der Waals surface area contributed by atoms with Gasteiger partial charge in [0.15, 0.2) is 9.84 Å². The van der Waals surface area contributed by atoms with Gasteiger partial charge in [0.05, 0.1) is 10.6 Å². The number of sulfone groups is 1. The first kappa shape index (κ1) is 19.9. The Morgan fingerprint density at radius 3 is 2.31 bits per heavy atom. The van der Waals surface area contributed by atoms with Crippen LogP contribution in [0.5, 0.6) is 0 Å². The van der Waals surface area contributed by atoms with E-state index in [1.54, 1.807) is 43.5 Å². The molecule has 2 amide bonds. The van der Waals surface area contributed by atoms with Crippen molar-refractivity contribution in [2.24, 2.45) is 0 Å². The number of carbonyl (C=O) groups excluding carboxylic acids is 2. The molecule has 0 bridgehead atoms. The third kappa shape index (κ3) is 5.27. The van der Waals surface area contributed by atoms with Gasteiger partial charge in [-0.15, -0.1) is 0 Å². The highest BCUT2D eigenvalue weighted by Crippen LogP contribution is 2.25. The number of anilines is 1. The second-order valence-electron chi connectivity index (χ2n) is 5.44. The van der Waals surface area contributed by atoms with Gasteiger partial charge in [0.25, 0.3) is 5.91 Å². The summed E-state index contributed by atoms with van der Waals surface area (Å²) < 4.78 is 24.3. The van der Waals surface area contributed by atoms with Crippen molar-refractivity contribution in [3.63, 3.8) is 0 Å². The molecule has 136 valence electrons. The lowest BCUT2D eigenvalue weighted by atomic mass is 10.1. The van der Waals surface area contributed by atoms with Crippen molar-refractivity contribution in [1.29, 1.82) is 0 Å². The summed E-state index contributed by atoms with van der Waals surface area (Å²) in [5.74, 6) is -0.658. The Hall–Kier alpha value is -2.45. The summed E-state index contributed by atoms with van der Waals surface area (Å²) >= 11 is 3.22. The zero-order valence-corrected chi connectivity index (χ0v) is 16.5. The number of hydrogen-bond acceptors (Lipinski definition) is 4. The van der Waals surface area contributed by atoms with Crippen molar-refractivity contribution in [3.8, 4) is 0 Å². The van der Waals surface area contributed by atoms with Crippen LogP contribution in [0, 0.1) is 0 Å². The highest BCUT2D eigenvalue weighted by atomic mass is 79.9. The Balaban J connectivity index is 2.14. The molecule has 0 heterocycles. The number of halogens is 1.